The van der Waals surface area contributed by atoms with Crippen LogP contribution in [0.3, 0.4) is 0 Å². The summed E-state index contributed by atoms with van der Waals surface area (Å²) in [5.74, 6) is 2.78. The quantitative estimate of drug-likeness (QED) is 0.660. The molecule has 4 fully saturated rings. The van der Waals surface area contributed by atoms with Crippen molar-refractivity contribution in [3.05, 3.63) is 35.9 Å². The van der Waals surface area contributed by atoms with E-state index in [2.05, 4.69) is 13.8 Å². The molecule has 0 aliphatic heterocycles. The summed E-state index contributed by atoms with van der Waals surface area (Å²) in [7, 11) is 0. The van der Waals surface area contributed by atoms with Crippen LogP contribution in [0.5, 0.6) is 0 Å². The number of hydrogen-bond acceptors (Lipinski definition) is 3. The van der Waals surface area contributed by atoms with E-state index in [9.17, 15) is 9.90 Å². The molecule has 5 rings (SSSR count). The molecule has 0 aromatic heterocycles. The highest BCUT2D eigenvalue weighted by Crippen LogP contribution is 2.66. The number of carbonyl (C=O) groups excluding carboxylic acids is 1. The number of aliphatic hydroxyl groups is 1. The standard InChI is InChI=1S/C26H36O3/c1-25-14-12-19(27)16-18(25)8-9-20-21-10-11-23(26(21,2)15-13-22(20)25)29-24(28)17-6-4-3-5-7-17/h3-7,18-23,27H,8-16H2,1-2H3/t18-,19-,20-,21+,22-,23-,25-,26+/m0/s1. The smallest absolute Gasteiger partial charge is 0.338 e. The predicted molar refractivity (Wildman–Crippen MR) is 113 cm³/mol. The third-order valence-corrected chi connectivity index (χ3v) is 9.81. The van der Waals surface area contributed by atoms with E-state index in [1.165, 1.54) is 38.5 Å². The molecule has 0 saturated heterocycles. The summed E-state index contributed by atoms with van der Waals surface area (Å²) in [5, 5.41) is 10.2. The first-order valence-electron chi connectivity index (χ1n) is 11.9. The second-order valence-electron chi connectivity index (χ2n) is 11.0. The summed E-state index contributed by atoms with van der Waals surface area (Å²) in [6.45, 7) is 4.94. The Balaban J connectivity index is 1.34. The Labute approximate surface area is 175 Å². The van der Waals surface area contributed by atoms with Crippen LogP contribution >= 0.6 is 0 Å². The third-order valence-electron chi connectivity index (χ3n) is 9.81. The van der Waals surface area contributed by atoms with Gasteiger partial charge in [-0.25, -0.2) is 4.79 Å². The van der Waals surface area contributed by atoms with Gasteiger partial charge in [0, 0.05) is 5.41 Å². The zero-order valence-electron chi connectivity index (χ0n) is 18.0. The van der Waals surface area contributed by atoms with E-state index in [4.69, 9.17) is 4.74 Å². The predicted octanol–water partition coefficient (Wildman–Crippen LogP) is 5.62. The van der Waals surface area contributed by atoms with Crippen LogP contribution in [-0.2, 0) is 4.74 Å². The largest absolute Gasteiger partial charge is 0.458 e. The van der Waals surface area contributed by atoms with Gasteiger partial charge in [-0.1, -0.05) is 32.0 Å². The van der Waals surface area contributed by atoms with E-state index in [1.54, 1.807) is 0 Å². The molecule has 4 aliphatic carbocycles. The lowest BCUT2D eigenvalue weighted by atomic mass is 9.45. The summed E-state index contributed by atoms with van der Waals surface area (Å²) >= 11 is 0. The average molecular weight is 397 g/mol. The Morgan fingerprint density at radius 3 is 2.45 bits per heavy atom. The maximum Gasteiger partial charge on any atom is 0.338 e. The van der Waals surface area contributed by atoms with Gasteiger partial charge < -0.3 is 9.84 Å². The normalized spacial score (nSPS) is 46.3. The minimum atomic E-state index is -0.156. The second-order valence-corrected chi connectivity index (χ2v) is 11.0. The van der Waals surface area contributed by atoms with Crippen LogP contribution in [0.25, 0.3) is 0 Å². The van der Waals surface area contributed by atoms with E-state index < -0.39 is 0 Å². The summed E-state index contributed by atoms with van der Waals surface area (Å²) in [4.78, 5) is 12.7. The minimum absolute atomic E-state index is 0.0554. The van der Waals surface area contributed by atoms with E-state index in [-0.39, 0.29) is 23.6 Å². The average Bonchev–Trinajstić information content (AvgIpc) is 3.05. The van der Waals surface area contributed by atoms with Crippen LogP contribution in [-0.4, -0.2) is 23.3 Å². The zero-order chi connectivity index (χ0) is 20.2. The molecular formula is C26H36O3. The number of benzene rings is 1. The van der Waals surface area contributed by atoms with Gasteiger partial charge in [0.15, 0.2) is 0 Å². The monoisotopic (exact) mass is 396 g/mol. The Kier molecular flexibility index (Phi) is 4.81. The summed E-state index contributed by atoms with van der Waals surface area (Å²) < 4.78 is 6.12. The van der Waals surface area contributed by atoms with Gasteiger partial charge in [-0.15, -0.1) is 0 Å². The summed E-state index contributed by atoms with van der Waals surface area (Å²) in [6, 6.07) is 9.45. The van der Waals surface area contributed by atoms with Gasteiger partial charge in [0.1, 0.15) is 6.10 Å². The van der Waals surface area contributed by atoms with Crippen molar-refractivity contribution in [1.29, 1.82) is 0 Å². The van der Waals surface area contributed by atoms with Crippen LogP contribution in [0.4, 0.5) is 0 Å². The molecule has 1 N–H and O–H groups in total. The van der Waals surface area contributed by atoms with Crippen molar-refractivity contribution in [2.75, 3.05) is 0 Å². The highest BCUT2D eigenvalue weighted by molar-refractivity contribution is 5.89. The maximum absolute atomic E-state index is 12.7. The van der Waals surface area contributed by atoms with Gasteiger partial charge in [-0.2, -0.15) is 0 Å². The molecule has 29 heavy (non-hydrogen) atoms. The Bertz CT molecular complexity index is 760. The van der Waals surface area contributed by atoms with Gasteiger partial charge >= 0.3 is 5.97 Å². The number of aliphatic hydroxyl groups excluding tert-OH is 1. The molecule has 158 valence electrons. The zero-order valence-corrected chi connectivity index (χ0v) is 18.0. The van der Waals surface area contributed by atoms with E-state index in [0.29, 0.717) is 22.8 Å². The highest BCUT2D eigenvalue weighted by Gasteiger charge is 2.61. The van der Waals surface area contributed by atoms with E-state index in [1.807, 2.05) is 30.3 Å². The first-order chi connectivity index (χ1) is 13.9. The number of fused-ring (bicyclic) bond motifs is 5. The molecule has 4 aliphatic rings. The van der Waals surface area contributed by atoms with Gasteiger partial charge in [0.05, 0.1) is 11.7 Å². The van der Waals surface area contributed by atoms with Crippen molar-refractivity contribution in [3.63, 3.8) is 0 Å². The van der Waals surface area contributed by atoms with Crippen LogP contribution in [0, 0.1) is 34.5 Å². The number of hydrogen-bond donors (Lipinski definition) is 1. The van der Waals surface area contributed by atoms with Crippen molar-refractivity contribution in [2.45, 2.75) is 83.8 Å². The van der Waals surface area contributed by atoms with Crippen LogP contribution < -0.4 is 0 Å². The molecule has 0 amide bonds. The van der Waals surface area contributed by atoms with E-state index >= 15 is 0 Å². The number of carbonyl (C=O) groups is 1. The molecule has 3 nitrogen and oxygen atoms in total. The fourth-order valence-corrected chi connectivity index (χ4v) is 8.15. The minimum Gasteiger partial charge on any atom is -0.458 e. The summed E-state index contributed by atoms with van der Waals surface area (Å²) in [5.41, 5.74) is 1.20. The molecule has 1 aromatic carbocycles. The van der Waals surface area contributed by atoms with Crippen molar-refractivity contribution in [1.82, 2.24) is 0 Å². The van der Waals surface area contributed by atoms with E-state index in [0.717, 1.165) is 31.1 Å². The van der Waals surface area contributed by atoms with Gasteiger partial charge in [0.2, 0.25) is 0 Å². The fourth-order valence-electron chi connectivity index (χ4n) is 8.15. The van der Waals surface area contributed by atoms with Crippen molar-refractivity contribution in [3.8, 4) is 0 Å². The molecular weight excluding hydrogens is 360 g/mol. The van der Waals surface area contributed by atoms with Crippen LogP contribution in [0.15, 0.2) is 30.3 Å². The molecule has 8 atom stereocenters. The lowest BCUT2D eigenvalue weighted by molar-refractivity contribution is -0.134. The Morgan fingerprint density at radius 1 is 0.931 bits per heavy atom. The second kappa shape index (κ2) is 7.11. The summed E-state index contributed by atoms with van der Waals surface area (Å²) in [6.07, 6.45) is 10.4. The van der Waals surface area contributed by atoms with Crippen LogP contribution in [0.2, 0.25) is 0 Å². The first kappa shape index (κ1) is 19.6. The topological polar surface area (TPSA) is 46.5 Å². The van der Waals surface area contributed by atoms with Crippen molar-refractivity contribution < 1.29 is 14.6 Å². The molecule has 0 spiro atoms. The molecule has 3 heteroatoms. The number of rotatable bonds is 2. The van der Waals surface area contributed by atoms with Gasteiger partial charge in [-0.3, -0.25) is 0 Å². The van der Waals surface area contributed by atoms with Gasteiger partial charge in [-0.05, 0) is 99.0 Å². The molecule has 0 unspecified atom stereocenters. The SMILES string of the molecule is C[C@@]12CC[C@H]3[C@@H](CC[C@H]4C[C@@H](O)CC[C@@]43C)[C@H]1CC[C@@H]2OC(=O)c1ccccc1. The third kappa shape index (κ3) is 3.07. The van der Waals surface area contributed by atoms with Crippen LogP contribution in [0.1, 0.15) is 82.0 Å². The lowest BCUT2D eigenvalue weighted by Gasteiger charge is -2.60. The highest BCUT2D eigenvalue weighted by atomic mass is 16.5. The molecule has 0 heterocycles. The molecule has 4 saturated carbocycles. The van der Waals surface area contributed by atoms with Crippen molar-refractivity contribution >= 4 is 5.97 Å². The van der Waals surface area contributed by atoms with Crippen molar-refractivity contribution in [2.24, 2.45) is 34.5 Å². The lowest BCUT2D eigenvalue weighted by Crippen LogP contribution is -2.54. The molecule has 1 aromatic rings. The number of ether oxygens (including phenoxy) is 1. The molecule has 0 radical (unpaired) electrons. The Morgan fingerprint density at radius 2 is 1.66 bits per heavy atom. The molecule has 0 bridgehead atoms. The Hall–Kier alpha value is -1.35. The number of esters is 1. The fraction of sp³-hybridized carbons (Fsp3) is 0.731. The first-order valence-corrected chi connectivity index (χ1v) is 11.9. The van der Waals surface area contributed by atoms with Gasteiger partial charge in [0.25, 0.3) is 0 Å². The maximum atomic E-state index is 12.7.